The zero-order valence-corrected chi connectivity index (χ0v) is 11.6. The Hall–Kier alpha value is -1.56. The average Bonchev–Trinajstić information content (AvgIpc) is 2.37. The minimum atomic E-state index is -4.85. The lowest BCUT2D eigenvalue weighted by atomic mass is 10.1. The molecule has 0 aliphatic rings. The van der Waals surface area contributed by atoms with E-state index in [2.05, 4.69) is 0 Å². The van der Waals surface area contributed by atoms with Gasteiger partial charge >= 0.3 is 6.18 Å². The Morgan fingerprint density at radius 1 is 1.20 bits per heavy atom. The SMILES string of the molecule is CC(=O)SCCC=Cc1ccc(C(=O)C(F)(F)F)cc1. The Bertz CT molecular complexity index is 504. The zero-order valence-electron chi connectivity index (χ0n) is 10.7. The predicted molar refractivity (Wildman–Crippen MR) is 73.6 cm³/mol. The third kappa shape index (κ3) is 5.61. The van der Waals surface area contributed by atoms with E-state index in [1.807, 2.05) is 6.08 Å². The van der Waals surface area contributed by atoms with E-state index < -0.39 is 12.0 Å². The van der Waals surface area contributed by atoms with Gasteiger partial charge in [0, 0.05) is 18.2 Å². The molecule has 1 aromatic rings. The van der Waals surface area contributed by atoms with Gasteiger partial charge in [-0.15, -0.1) is 0 Å². The highest BCUT2D eigenvalue weighted by Gasteiger charge is 2.38. The number of hydrogen-bond donors (Lipinski definition) is 0. The lowest BCUT2D eigenvalue weighted by Crippen LogP contribution is -2.22. The standard InChI is InChI=1S/C14H13F3O2S/c1-10(18)20-9-3-2-4-11-5-7-12(8-6-11)13(19)14(15,16)17/h2,4-8H,3,9H2,1H3. The molecule has 20 heavy (non-hydrogen) atoms. The maximum Gasteiger partial charge on any atom is 0.454 e. The number of rotatable bonds is 5. The van der Waals surface area contributed by atoms with E-state index in [-0.39, 0.29) is 10.7 Å². The lowest BCUT2D eigenvalue weighted by molar-refractivity contribution is -0.109. The first kappa shape index (κ1) is 16.5. The number of ketones is 1. The molecule has 108 valence electrons. The third-order valence-electron chi connectivity index (χ3n) is 2.33. The molecule has 0 aliphatic carbocycles. The molecule has 1 rings (SSSR count). The Morgan fingerprint density at radius 3 is 2.30 bits per heavy atom. The second-order valence-corrected chi connectivity index (χ2v) is 5.25. The van der Waals surface area contributed by atoms with E-state index in [0.29, 0.717) is 17.7 Å². The minimum Gasteiger partial charge on any atom is -0.288 e. The first-order valence-corrected chi connectivity index (χ1v) is 6.81. The van der Waals surface area contributed by atoms with Crippen LogP contribution in [0.5, 0.6) is 0 Å². The summed E-state index contributed by atoms with van der Waals surface area (Å²) in [5.74, 6) is -1.18. The van der Waals surface area contributed by atoms with Gasteiger partial charge in [0.1, 0.15) is 0 Å². The van der Waals surface area contributed by atoms with Crippen LogP contribution < -0.4 is 0 Å². The lowest BCUT2D eigenvalue weighted by Gasteiger charge is -2.04. The highest BCUT2D eigenvalue weighted by Crippen LogP contribution is 2.21. The van der Waals surface area contributed by atoms with Crippen LogP contribution in [0.15, 0.2) is 30.3 Å². The molecule has 0 unspecified atom stereocenters. The highest BCUT2D eigenvalue weighted by molar-refractivity contribution is 8.13. The van der Waals surface area contributed by atoms with Gasteiger partial charge in [-0.3, -0.25) is 9.59 Å². The van der Waals surface area contributed by atoms with Crippen molar-refractivity contribution in [3.8, 4) is 0 Å². The smallest absolute Gasteiger partial charge is 0.288 e. The minimum absolute atomic E-state index is 0.0495. The van der Waals surface area contributed by atoms with Crippen LogP contribution in [-0.2, 0) is 4.79 Å². The number of hydrogen-bond acceptors (Lipinski definition) is 3. The van der Waals surface area contributed by atoms with Crippen molar-refractivity contribution in [2.45, 2.75) is 19.5 Å². The van der Waals surface area contributed by atoms with Gasteiger partial charge in [0.15, 0.2) is 5.12 Å². The fourth-order valence-corrected chi connectivity index (χ4v) is 1.94. The summed E-state index contributed by atoms with van der Waals surface area (Å²) < 4.78 is 36.6. The number of halogens is 3. The van der Waals surface area contributed by atoms with Crippen LogP contribution in [0.25, 0.3) is 6.08 Å². The fourth-order valence-electron chi connectivity index (χ4n) is 1.40. The molecule has 0 fully saturated rings. The van der Waals surface area contributed by atoms with Gasteiger partial charge in [-0.2, -0.15) is 13.2 Å². The summed E-state index contributed by atoms with van der Waals surface area (Å²) in [6.45, 7) is 1.49. The molecule has 0 aliphatic heterocycles. The number of allylic oxidation sites excluding steroid dienone is 1. The van der Waals surface area contributed by atoms with E-state index in [1.165, 1.54) is 30.8 Å². The second-order valence-electron chi connectivity index (χ2n) is 3.98. The molecule has 0 amide bonds. The molecule has 0 saturated carbocycles. The summed E-state index contributed by atoms with van der Waals surface area (Å²) in [4.78, 5) is 21.6. The fraction of sp³-hybridized carbons (Fsp3) is 0.286. The third-order valence-corrected chi connectivity index (χ3v) is 3.18. The molecule has 0 N–H and O–H groups in total. The van der Waals surface area contributed by atoms with Crippen molar-refractivity contribution in [2.24, 2.45) is 0 Å². The number of benzene rings is 1. The van der Waals surface area contributed by atoms with Crippen LogP contribution in [0.4, 0.5) is 13.2 Å². The van der Waals surface area contributed by atoms with Gasteiger partial charge < -0.3 is 0 Å². The van der Waals surface area contributed by atoms with Gasteiger partial charge in [0.25, 0.3) is 5.78 Å². The molecule has 2 nitrogen and oxygen atoms in total. The summed E-state index contributed by atoms with van der Waals surface area (Å²) in [5.41, 5.74) is 0.332. The number of alkyl halides is 3. The van der Waals surface area contributed by atoms with Crippen LogP contribution in [0.2, 0.25) is 0 Å². The Kier molecular flexibility index (Phi) is 6.01. The van der Waals surface area contributed by atoms with Gasteiger partial charge in [-0.1, -0.05) is 48.2 Å². The monoisotopic (exact) mass is 302 g/mol. The summed E-state index contributed by atoms with van der Waals surface area (Å²) in [6, 6.07) is 5.21. The molecule has 1 aromatic carbocycles. The van der Waals surface area contributed by atoms with Crippen LogP contribution >= 0.6 is 11.8 Å². The summed E-state index contributed by atoms with van der Waals surface area (Å²) in [7, 11) is 0. The number of Topliss-reactive ketones (excluding diaryl/α,β-unsaturated/α-hetero) is 1. The largest absolute Gasteiger partial charge is 0.454 e. The van der Waals surface area contributed by atoms with Crippen LogP contribution in [0.1, 0.15) is 29.3 Å². The van der Waals surface area contributed by atoms with E-state index in [0.717, 1.165) is 12.1 Å². The first-order chi connectivity index (χ1) is 9.30. The predicted octanol–water partition coefficient (Wildman–Crippen LogP) is 4.11. The molecule has 0 atom stereocenters. The van der Waals surface area contributed by atoms with Gasteiger partial charge in [-0.05, 0) is 12.0 Å². The van der Waals surface area contributed by atoms with Crippen molar-refractivity contribution in [1.29, 1.82) is 0 Å². The van der Waals surface area contributed by atoms with E-state index in [4.69, 9.17) is 0 Å². The number of carbonyl (C=O) groups is 2. The topological polar surface area (TPSA) is 34.1 Å². The quantitative estimate of drug-likeness (QED) is 0.606. The molecule has 6 heteroatoms. The first-order valence-electron chi connectivity index (χ1n) is 5.82. The average molecular weight is 302 g/mol. The molecule has 0 spiro atoms. The summed E-state index contributed by atoms with van der Waals surface area (Å²) >= 11 is 1.22. The van der Waals surface area contributed by atoms with Crippen LogP contribution in [0, 0.1) is 0 Å². The van der Waals surface area contributed by atoms with Crippen molar-refractivity contribution in [2.75, 3.05) is 5.75 Å². The molecule has 0 aromatic heterocycles. The van der Waals surface area contributed by atoms with Crippen LogP contribution in [-0.4, -0.2) is 22.8 Å². The normalized spacial score (nSPS) is 11.8. The number of thioether (sulfide) groups is 1. The van der Waals surface area contributed by atoms with Gasteiger partial charge in [-0.25, -0.2) is 0 Å². The molecule has 0 saturated heterocycles. The summed E-state index contributed by atoms with van der Waals surface area (Å²) in [5, 5.41) is 0.0495. The summed E-state index contributed by atoms with van der Waals surface area (Å²) in [6.07, 6.45) is -0.589. The van der Waals surface area contributed by atoms with Crippen molar-refractivity contribution < 1.29 is 22.8 Å². The maximum absolute atomic E-state index is 12.2. The molecule has 0 radical (unpaired) electrons. The van der Waals surface area contributed by atoms with Gasteiger partial charge in [0.2, 0.25) is 0 Å². The molecular formula is C14H13F3O2S. The Morgan fingerprint density at radius 2 is 1.80 bits per heavy atom. The van der Waals surface area contributed by atoms with E-state index in [1.54, 1.807) is 6.08 Å². The van der Waals surface area contributed by atoms with Crippen molar-refractivity contribution in [1.82, 2.24) is 0 Å². The van der Waals surface area contributed by atoms with Crippen molar-refractivity contribution in [3.63, 3.8) is 0 Å². The zero-order chi connectivity index (χ0) is 15.2. The van der Waals surface area contributed by atoms with Crippen LogP contribution in [0.3, 0.4) is 0 Å². The molecule has 0 heterocycles. The highest BCUT2D eigenvalue weighted by atomic mass is 32.2. The van der Waals surface area contributed by atoms with Crippen molar-refractivity contribution in [3.05, 3.63) is 41.5 Å². The molecular weight excluding hydrogens is 289 g/mol. The van der Waals surface area contributed by atoms with Gasteiger partial charge in [0.05, 0.1) is 0 Å². The Balaban J connectivity index is 2.57. The van der Waals surface area contributed by atoms with E-state index in [9.17, 15) is 22.8 Å². The maximum atomic E-state index is 12.2. The molecule has 0 bridgehead atoms. The van der Waals surface area contributed by atoms with E-state index >= 15 is 0 Å². The van der Waals surface area contributed by atoms with Crippen molar-refractivity contribution >= 4 is 28.7 Å². The Labute approximate surface area is 119 Å². The number of carbonyl (C=O) groups excluding carboxylic acids is 2. The second kappa shape index (κ2) is 7.28.